The van der Waals surface area contributed by atoms with Crippen molar-refractivity contribution in [2.24, 2.45) is 4.99 Å². The summed E-state index contributed by atoms with van der Waals surface area (Å²) in [4.78, 5) is 20.0. The van der Waals surface area contributed by atoms with Crippen LogP contribution in [0.4, 0.5) is 5.69 Å². The van der Waals surface area contributed by atoms with Crippen LogP contribution in [0.3, 0.4) is 0 Å². The van der Waals surface area contributed by atoms with Crippen LogP contribution < -0.4 is 4.74 Å². The maximum Gasteiger partial charge on any atom is 0.266 e. The van der Waals surface area contributed by atoms with Gasteiger partial charge >= 0.3 is 0 Å². The molecule has 26 heavy (non-hydrogen) atoms. The molecule has 0 aromatic heterocycles. The van der Waals surface area contributed by atoms with Crippen LogP contribution in [0.15, 0.2) is 58.4 Å². The van der Waals surface area contributed by atoms with E-state index in [1.807, 2.05) is 75.4 Å². The highest BCUT2D eigenvalue weighted by molar-refractivity contribution is 8.18. The van der Waals surface area contributed by atoms with Crippen molar-refractivity contribution in [2.75, 3.05) is 7.11 Å². The van der Waals surface area contributed by atoms with Crippen molar-refractivity contribution in [2.45, 2.75) is 26.8 Å². The minimum Gasteiger partial charge on any atom is -0.497 e. The van der Waals surface area contributed by atoms with E-state index in [0.29, 0.717) is 10.1 Å². The minimum atomic E-state index is -0.00770. The molecule has 0 saturated carbocycles. The normalized spacial score (nSPS) is 17.6. The Kier molecular flexibility index (Phi) is 5.47. The molecule has 134 valence electrons. The summed E-state index contributed by atoms with van der Waals surface area (Å²) in [6.07, 6.45) is 1.90. The van der Waals surface area contributed by atoms with E-state index < -0.39 is 0 Å². The van der Waals surface area contributed by atoms with E-state index >= 15 is 0 Å². The second-order valence-electron chi connectivity index (χ2n) is 6.38. The van der Waals surface area contributed by atoms with Crippen molar-refractivity contribution in [3.63, 3.8) is 0 Å². The molecule has 1 heterocycles. The fourth-order valence-corrected chi connectivity index (χ4v) is 3.72. The average molecular weight is 366 g/mol. The predicted molar refractivity (Wildman–Crippen MR) is 109 cm³/mol. The van der Waals surface area contributed by atoms with Gasteiger partial charge in [-0.05, 0) is 68.4 Å². The lowest BCUT2D eigenvalue weighted by Crippen LogP contribution is -2.35. The third-order valence-electron chi connectivity index (χ3n) is 4.03. The van der Waals surface area contributed by atoms with Crippen molar-refractivity contribution < 1.29 is 9.53 Å². The zero-order valence-corrected chi connectivity index (χ0v) is 16.2. The Morgan fingerprint density at radius 2 is 1.73 bits per heavy atom. The smallest absolute Gasteiger partial charge is 0.266 e. The van der Waals surface area contributed by atoms with E-state index in [4.69, 9.17) is 9.73 Å². The van der Waals surface area contributed by atoms with Crippen molar-refractivity contribution in [1.82, 2.24) is 4.90 Å². The number of hydrogen-bond acceptors (Lipinski definition) is 4. The van der Waals surface area contributed by atoms with Crippen LogP contribution >= 0.6 is 11.8 Å². The Hall–Kier alpha value is -2.53. The first kappa shape index (κ1) is 18.3. The molecule has 0 bridgehead atoms. The number of hydrogen-bond donors (Lipinski definition) is 0. The van der Waals surface area contributed by atoms with Crippen molar-refractivity contribution in [3.8, 4) is 5.75 Å². The molecule has 0 radical (unpaired) electrons. The molecule has 2 aromatic carbocycles. The summed E-state index contributed by atoms with van der Waals surface area (Å²) in [5.41, 5.74) is 2.99. The summed E-state index contributed by atoms with van der Waals surface area (Å²) in [6, 6.07) is 15.7. The SMILES string of the molecule is COc1ccc(/C=C2/SC(=Nc3ccc(C)cc3)N(C(C)C)C2=O)cc1. The van der Waals surface area contributed by atoms with Gasteiger partial charge in [-0.3, -0.25) is 9.69 Å². The largest absolute Gasteiger partial charge is 0.497 e. The number of benzene rings is 2. The van der Waals surface area contributed by atoms with Crippen LogP contribution in [0.5, 0.6) is 5.75 Å². The average Bonchev–Trinajstić information content (AvgIpc) is 2.93. The molecule has 3 rings (SSSR count). The van der Waals surface area contributed by atoms with Gasteiger partial charge in [-0.2, -0.15) is 0 Å². The monoisotopic (exact) mass is 366 g/mol. The van der Waals surface area contributed by atoms with Gasteiger partial charge in [-0.1, -0.05) is 29.8 Å². The van der Waals surface area contributed by atoms with Gasteiger partial charge < -0.3 is 4.74 Å². The fraction of sp³-hybridized carbons (Fsp3) is 0.238. The summed E-state index contributed by atoms with van der Waals surface area (Å²) < 4.78 is 5.18. The number of aliphatic imine (C=N–C) groups is 1. The number of amidine groups is 1. The number of thioether (sulfide) groups is 1. The molecule has 0 aliphatic carbocycles. The van der Waals surface area contributed by atoms with E-state index in [2.05, 4.69) is 0 Å². The van der Waals surface area contributed by atoms with Crippen LogP contribution in [0, 0.1) is 6.92 Å². The highest BCUT2D eigenvalue weighted by Gasteiger charge is 2.35. The van der Waals surface area contributed by atoms with Gasteiger partial charge in [0.1, 0.15) is 5.75 Å². The van der Waals surface area contributed by atoms with E-state index in [1.54, 1.807) is 12.0 Å². The number of carbonyl (C=O) groups is 1. The number of aryl methyl sites for hydroxylation is 1. The third-order valence-corrected chi connectivity index (χ3v) is 5.01. The summed E-state index contributed by atoms with van der Waals surface area (Å²) >= 11 is 1.42. The lowest BCUT2D eigenvalue weighted by molar-refractivity contribution is -0.123. The van der Waals surface area contributed by atoms with Crippen molar-refractivity contribution >= 4 is 34.6 Å². The van der Waals surface area contributed by atoms with Crippen LogP contribution in [-0.2, 0) is 4.79 Å². The first-order valence-corrected chi connectivity index (χ1v) is 9.32. The molecule has 0 spiro atoms. The standard InChI is InChI=1S/C21H22N2O2S/c1-14(2)23-20(24)19(13-16-7-11-18(25-4)12-8-16)26-21(23)22-17-9-5-15(3)6-10-17/h5-14H,1-4H3/b19-13+,22-21?. The Morgan fingerprint density at radius 1 is 1.08 bits per heavy atom. The number of nitrogens with zero attached hydrogens (tertiary/aromatic N) is 2. The molecule has 0 unspecified atom stereocenters. The Balaban J connectivity index is 1.92. The molecule has 1 aliphatic heterocycles. The molecule has 0 N–H and O–H groups in total. The van der Waals surface area contributed by atoms with Gasteiger partial charge in [0.2, 0.25) is 0 Å². The molecular formula is C21H22N2O2S. The molecule has 1 fully saturated rings. The molecule has 4 nitrogen and oxygen atoms in total. The molecule has 5 heteroatoms. The number of amides is 1. The van der Waals surface area contributed by atoms with E-state index in [1.165, 1.54) is 17.3 Å². The quantitative estimate of drug-likeness (QED) is 0.714. The Bertz CT molecular complexity index is 853. The molecule has 1 amide bonds. The highest BCUT2D eigenvalue weighted by atomic mass is 32.2. The second-order valence-corrected chi connectivity index (χ2v) is 7.39. The summed E-state index contributed by atoms with van der Waals surface area (Å²) in [5, 5.41) is 0.716. The Morgan fingerprint density at radius 3 is 2.31 bits per heavy atom. The molecule has 1 saturated heterocycles. The fourth-order valence-electron chi connectivity index (χ4n) is 2.60. The van der Waals surface area contributed by atoms with Gasteiger partial charge in [0.05, 0.1) is 17.7 Å². The zero-order valence-electron chi connectivity index (χ0n) is 15.4. The minimum absolute atomic E-state index is 0.00770. The maximum atomic E-state index is 12.9. The van der Waals surface area contributed by atoms with Gasteiger partial charge in [-0.25, -0.2) is 4.99 Å². The van der Waals surface area contributed by atoms with Gasteiger partial charge in [0, 0.05) is 6.04 Å². The maximum absolute atomic E-state index is 12.9. The topological polar surface area (TPSA) is 41.9 Å². The number of carbonyl (C=O) groups excluding carboxylic acids is 1. The number of methoxy groups -OCH3 is 1. The van der Waals surface area contributed by atoms with E-state index in [0.717, 1.165) is 17.0 Å². The van der Waals surface area contributed by atoms with Gasteiger partial charge in [-0.15, -0.1) is 0 Å². The molecule has 1 aliphatic rings. The second kappa shape index (κ2) is 7.79. The highest BCUT2D eigenvalue weighted by Crippen LogP contribution is 2.35. The van der Waals surface area contributed by atoms with E-state index in [9.17, 15) is 4.79 Å². The van der Waals surface area contributed by atoms with Crippen molar-refractivity contribution in [1.29, 1.82) is 0 Å². The lowest BCUT2D eigenvalue weighted by Gasteiger charge is -2.19. The van der Waals surface area contributed by atoms with Crippen LogP contribution in [-0.4, -0.2) is 29.1 Å². The summed E-state index contributed by atoms with van der Waals surface area (Å²) in [5.74, 6) is 0.787. The molecular weight excluding hydrogens is 344 g/mol. The van der Waals surface area contributed by atoms with Gasteiger partial charge in [0.15, 0.2) is 5.17 Å². The lowest BCUT2D eigenvalue weighted by atomic mass is 10.2. The van der Waals surface area contributed by atoms with E-state index in [-0.39, 0.29) is 11.9 Å². The first-order chi connectivity index (χ1) is 12.5. The van der Waals surface area contributed by atoms with Gasteiger partial charge in [0.25, 0.3) is 5.91 Å². The number of rotatable bonds is 4. The number of ether oxygens (including phenoxy) is 1. The summed E-state index contributed by atoms with van der Waals surface area (Å²) in [7, 11) is 1.64. The first-order valence-electron chi connectivity index (χ1n) is 8.50. The predicted octanol–water partition coefficient (Wildman–Crippen LogP) is 5.02. The Labute approximate surface area is 158 Å². The van der Waals surface area contributed by atoms with Crippen LogP contribution in [0.2, 0.25) is 0 Å². The third kappa shape index (κ3) is 3.99. The van der Waals surface area contributed by atoms with Crippen molar-refractivity contribution in [3.05, 3.63) is 64.6 Å². The van der Waals surface area contributed by atoms with Crippen LogP contribution in [0.1, 0.15) is 25.0 Å². The molecule has 2 aromatic rings. The molecule has 0 atom stereocenters. The summed E-state index contributed by atoms with van der Waals surface area (Å²) in [6.45, 7) is 6.04. The van der Waals surface area contributed by atoms with Crippen LogP contribution in [0.25, 0.3) is 6.08 Å². The zero-order chi connectivity index (χ0) is 18.7.